The van der Waals surface area contributed by atoms with Gasteiger partial charge in [-0.2, -0.15) is 0 Å². The molecule has 0 aromatic heterocycles. The number of para-hydroxylation sites is 1. The van der Waals surface area contributed by atoms with Crippen LogP contribution in [0.15, 0.2) is 53.2 Å². The molecule has 0 radical (unpaired) electrons. The first-order valence-corrected chi connectivity index (χ1v) is 7.54. The van der Waals surface area contributed by atoms with E-state index in [2.05, 4.69) is 5.16 Å². The van der Waals surface area contributed by atoms with Crippen molar-refractivity contribution >= 4 is 17.8 Å². The standard InChI is InChI=1S/C19H17NO5/c1-22-15-7-5-4-6-12(15)10-14-18(20-25-19(14)21)13-8-9-16(23-2)17(11-13)24-3/h4-11H,1-3H3/b14-10+. The molecule has 0 saturated heterocycles. The number of rotatable bonds is 5. The normalized spacial score (nSPS) is 14.9. The third-order valence-corrected chi connectivity index (χ3v) is 3.79. The van der Waals surface area contributed by atoms with Crippen molar-refractivity contribution in [2.45, 2.75) is 0 Å². The summed E-state index contributed by atoms with van der Waals surface area (Å²) in [6.07, 6.45) is 1.70. The van der Waals surface area contributed by atoms with Crippen molar-refractivity contribution < 1.29 is 23.8 Å². The third kappa shape index (κ3) is 3.19. The summed E-state index contributed by atoms with van der Waals surface area (Å²) < 4.78 is 15.9. The number of nitrogens with zero attached hydrogens (tertiary/aromatic N) is 1. The number of hydrogen-bond donors (Lipinski definition) is 0. The van der Waals surface area contributed by atoms with E-state index in [9.17, 15) is 4.79 Å². The molecule has 1 heterocycles. The van der Waals surface area contributed by atoms with Crippen LogP contribution in [0.5, 0.6) is 17.2 Å². The Morgan fingerprint density at radius 3 is 2.36 bits per heavy atom. The smallest absolute Gasteiger partial charge is 0.368 e. The van der Waals surface area contributed by atoms with Crippen LogP contribution in [-0.2, 0) is 9.63 Å². The molecule has 0 unspecified atom stereocenters. The minimum absolute atomic E-state index is 0.344. The average Bonchev–Trinajstić information content (AvgIpc) is 3.02. The lowest BCUT2D eigenvalue weighted by atomic mass is 10.00. The summed E-state index contributed by atoms with van der Waals surface area (Å²) in [6.45, 7) is 0. The molecule has 0 bridgehead atoms. The van der Waals surface area contributed by atoms with Gasteiger partial charge < -0.3 is 19.0 Å². The minimum atomic E-state index is -0.518. The van der Waals surface area contributed by atoms with Crippen LogP contribution in [0.3, 0.4) is 0 Å². The van der Waals surface area contributed by atoms with E-state index in [4.69, 9.17) is 19.0 Å². The first kappa shape index (κ1) is 16.6. The highest BCUT2D eigenvalue weighted by atomic mass is 16.7. The second-order valence-corrected chi connectivity index (χ2v) is 5.19. The molecular weight excluding hydrogens is 322 g/mol. The van der Waals surface area contributed by atoms with E-state index in [1.165, 1.54) is 0 Å². The summed E-state index contributed by atoms with van der Waals surface area (Å²) in [5, 5.41) is 3.91. The second kappa shape index (κ2) is 7.09. The largest absolute Gasteiger partial charge is 0.496 e. The van der Waals surface area contributed by atoms with Crippen molar-refractivity contribution in [3.8, 4) is 17.2 Å². The SMILES string of the molecule is COc1ccccc1/C=C1/C(=O)ON=C1c1ccc(OC)c(OC)c1. The Balaban J connectivity index is 2.04. The number of ether oxygens (including phenoxy) is 3. The van der Waals surface area contributed by atoms with E-state index in [-0.39, 0.29) is 0 Å². The van der Waals surface area contributed by atoms with Crippen molar-refractivity contribution in [3.05, 3.63) is 59.2 Å². The first-order valence-electron chi connectivity index (χ1n) is 7.54. The molecule has 6 nitrogen and oxygen atoms in total. The molecule has 3 rings (SSSR count). The van der Waals surface area contributed by atoms with Gasteiger partial charge in [-0.25, -0.2) is 4.79 Å². The van der Waals surface area contributed by atoms with Crippen LogP contribution in [0.2, 0.25) is 0 Å². The van der Waals surface area contributed by atoms with Crippen molar-refractivity contribution in [1.82, 2.24) is 0 Å². The van der Waals surface area contributed by atoms with Gasteiger partial charge in [-0.05, 0) is 30.3 Å². The van der Waals surface area contributed by atoms with E-state index >= 15 is 0 Å². The number of carbonyl (C=O) groups excluding carboxylic acids is 1. The monoisotopic (exact) mass is 339 g/mol. The molecule has 0 aliphatic carbocycles. The van der Waals surface area contributed by atoms with Gasteiger partial charge in [0.05, 0.1) is 26.9 Å². The number of benzene rings is 2. The molecule has 6 heteroatoms. The van der Waals surface area contributed by atoms with Gasteiger partial charge in [-0.3, -0.25) is 0 Å². The fraction of sp³-hybridized carbons (Fsp3) is 0.158. The molecule has 0 amide bonds. The highest BCUT2D eigenvalue weighted by Crippen LogP contribution is 2.31. The molecule has 0 atom stereocenters. The van der Waals surface area contributed by atoms with Gasteiger partial charge in [0, 0.05) is 11.1 Å². The highest BCUT2D eigenvalue weighted by molar-refractivity contribution is 6.31. The maximum Gasteiger partial charge on any atom is 0.368 e. The molecule has 128 valence electrons. The highest BCUT2D eigenvalue weighted by Gasteiger charge is 2.28. The number of hydrogen-bond acceptors (Lipinski definition) is 6. The molecule has 0 N–H and O–H groups in total. The minimum Gasteiger partial charge on any atom is -0.496 e. The van der Waals surface area contributed by atoms with Crippen LogP contribution >= 0.6 is 0 Å². The van der Waals surface area contributed by atoms with Gasteiger partial charge in [-0.15, -0.1) is 0 Å². The van der Waals surface area contributed by atoms with Gasteiger partial charge in [0.2, 0.25) is 0 Å². The molecule has 25 heavy (non-hydrogen) atoms. The molecule has 1 aliphatic rings. The summed E-state index contributed by atoms with van der Waals surface area (Å²) in [4.78, 5) is 17.0. The maximum atomic E-state index is 12.1. The van der Waals surface area contributed by atoms with Gasteiger partial charge in [0.1, 0.15) is 11.5 Å². The van der Waals surface area contributed by atoms with Gasteiger partial charge in [0.25, 0.3) is 0 Å². The zero-order valence-electron chi connectivity index (χ0n) is 14.1. The topological polar surface area (TPSA) is 66.4 Å². The second-order valence-electron chi connectivity index (χ2n) is 5.19. The fourth-order valence-corrected chi connectivity index (χ4v) is 2.54. The maximum absolute atomic E-state index is 12.1. The zero-order chi connectivity index (χ0) is 17.8. The lowest BCUT2D eigenvalue weighted by Crippen LogP contribution is -2.07. The summed E-state index contributed by atoms with van der Waals surface area (Å²) in [7, 11) is 4.68. The van der Waals surface area contributed by atoms with Crippen LogP contribution < -0.4 is 14.2 Å². The molecule has 1 aliphatic heterocycles. The summed E-state index contributed by atoms with van der Waals surface area (Å²) >= 11 is 0. The third-order valence-electron chi connectivity index (χ3n) is 3.79. The Kier molecular flexibility index (Phi) is 4.70. The Labute approximate surface area is 145 Å². The lowest BCUT2D eigenvalue weighted by molar-refractivity contribution is -0.136. The summed E-state index contributed by atoms with van der Waals surface area (Å²) in [6, 6.07) is 12.7. The number of carbonyl (C=O) groups is 1. The van der Waals surface area contributed by atoms with Gasteiger partial charge in [0.15, 0.2) is 11.5 Å². The van der Waals surface area contributed by atoms with Crippen LogP contribution in [0, 0.1) is 0 Å². The lowest BCUT2D eigenvalue weighted by Gasteiger charge is -2.09. The van der Waals surface area contributed by atoms with Crippen molar-refractivity contribution in [2.24, 2.45) is 5.16 Å². The van der Waals surface area contributed by atoms with Crippen LogP contribution in [0.4, 0.5) is 0 Å². The van der Waals surface area contributed by atoms with Crippen LogP contribution in [0.25, 0.3) is 6.08 Å². The molecule has 0 fully saturated rings. The number of methoxy groups -OCH3 is 3. The van der Waals surface area contributed by atoms with E-state index in [1.807, 2.05) is 24.3 Å². The average molecular weight is 339 g/mol. The summed E-state index contributed by atoms with van der Waals surface area (Å²) in [5.41, 5.74) is 2.21. The Morgan fingerprint density at radius 2 is 1.64 bits per heavy atom. The molecule has 2 aromatic rings. The van der Waals surface area contributed by atoms with Gasteiger partial charge in [-0.1, -0.05) is 23.4 Å². The van der Waals surface area contributed by atoms with Crippen molar-refractivity contribution in [2.75, 3.05) is 21.3 Å². The Bertz CT molecular complexity index is 870. The van der Waals surface area contributed by atoms with E-state index in [1.54, 1.807) is 45.6 Å². The predicted molar refractivity (Wildman–Crippen MR) is 93.1 cm³/mol. The van der Waals surface area contributed by atoms with Crippen LogP contribution in [0.1, 0.15) is 11.1 Å². The Morgan fingerprint density at radius 1 is 0.920 bits per heavy atom. The predicted octanol–water partition coefficient (Wildman–Crippen LogP) is 3.06. The van der Waals surface area contributed by atoms with E-state index in [0.29, 0.717) is 34.1 Å². The molecular formula is C19H17NO5. The van der Waals surface area contributed by atoms with E-state index in [0.717, 1.165) is 5.56 Å². The Hall–Kier alpha value is -3.28. The van der Waals surface area contributed by atoms with Gasteiger partial charge >= 0.3 is 5.97 Å². The van der Waals surface area contributed by atoms with Crippen molar-refractivity contribution in [1.29, 1.82) is 0 Å². The molecule has 0 saturated carbocycles. The molecule has 2 aromatic carbocycles. The fourth-order valence-electron chi connectivity index (χ4n) is 2.54. The molecule has 0 spiro atoms. The quantitative estimate of drug-likeness (QED) is 0.619. The van der Waals surface area contributed by atoms with E-state index < -0.39 is 5.97 Å². The zero-order valence-corrected chi connectivity index (χ0v) is 14.1. The van der Waals surface area contributed by atoms with Crippen molar-refractivity contribution in [3.63, 3.8) is 0 Å². The number of oxime groups is 1. The van der Waals surface area contributed by atoms with Crippen LogP contribution in [-0.4, -0.2) is 33.0 Å². The first-order chi connectivity index (χ1) is 12.2. The summed E-state index contributed by atoms with van der Waals surface area (Å²) in [5.74, 6) is 1.27.